The third kappa shape index (κ3) is 4.04. The van der Waals surface area contributed by atoms with Crippen molar-refractivity contribution in [3.05, 3.63) is 74.9 Å². The van der Waals surface area contributed by atoms with Gasteiger partial charge in [-0.2, -0.15) is 0 Å². The predicted octanol–water partition coefficient (Wildman–Crippen LogP) is 5.31. The summed E-state index contributed by atoms with van der Waals surface area (Å²) in [4.78, 5) is 34.4. The van der Waals surface area contributed by atoms with Gasteiger partial charge in [-0.15, -0.1) is 11.3 Å². The van der Waals surface area contributed by atoms with Crippen LogP contribution in [0.3, 0.4) is 0 Å². The van der Waals surface area contributed by atoms with Gasteiger partial charge in [-0.1, -0.05) is 54.2 Å². The van der Waals surface area contributed by atoms with Crippen molar-refractivity contribution >= 4 is 44.9 Å². The van der Waals surface area contributed by atoms with Crippen LogP contribution in [0.15, 0.2) is 58.5 Å². The monoisotopic (exact) mass is 435 g/mol. The van der Waals surface area contributed by atoms with E-state index in [1.165, 1.54) is 23.1 Å². The molecule has 2 aromatic carbocycles. The Morgan fingerprint density at radius 3 is 2.63 bits per heavy atom. The lowest BCUT2D eigenvalue weighted by atomic mass is 10.0. The van der Waals surface area contributed by atoms with E-state index in [1.807, 2.05) is 69.3 Å². The molecule has 0 saturated heterocycles. The highest BCUT2D eigenvalue weighted by atomic mass is 32.2. The molecule has 2 heterocycles. The van der Waals surface area contributed by atoms with Crippen LogP contribution >= 0.6 is 23.1 Å². The number of nitrogens with one attached hydrogen (secondary N) is 2. The molecule has 0 fully saturated rings. The van der Waals surface area contributed by atoms with Crippen molar-refractivity contribution in [2.45, 2.75) is 25.9 Å². The zero-order valence-electron chi connectivity index (χ0n) is 16.9. The van der Waals surface area contributed by atoms with Gasteiger partial charge in [0.25, 0.3) is 5.56 Å². The second kappa shape index (κ2) is 8.45. The first kappa shape index (κ1) is 20.4. The Morgan fingerprint density at radius 2 is 1.87 bits per heavy atom. The normalized spacial score (nSPS) is 11.0. The van der Waals surface area contributed by atoms with Crippen molar-refractivity contribution in [1.82, 2.24) is 9.97 Å². The maximum Gasteiger partial charge on any atom is 0.260 e. The van der Waals surface area contributed by atoms with E-state index in [2.05, 4.69) is 15.3 Å². The summed E-state index contributed by atoms with van der Waals surface area (Å²) in [5.74, 6) is 0.0290. The van der Waals surface area contributed by atoms with Gasteiger partial charge in [-0.3, -0.25) is 9.59 Å². The van der Waals surface area contributed by atoms with E-state index in [9.17, 15) is 9.59 Å². The lowest BCUT2D eigenvalue weighted by molar-refractivity contribution is -0.113. The Bertz CT molecular complexity index is 1290. The van der Waals surface area contributed by atoms with Crippen molar-refractivity contribution in [1.29, 1.82) is 0 Å². The maximum atomic E-state index is 12.8. The molecule has 2 aromatic heterocycles. The number of amides is 1. The summed E-state index contributed by atoms with van der Waals surface area (Å²) in [6, 6.07) is 15.7. The number of aromatic amines is 1. The molecular weight excluding hydrogens is 414 g/mol. The molecule has 0 spiro atoms. The minimum atomic E-state index is -0.180. The number of anilines is 1. The molecule has 0 aliphatic rings. The van der Waals surface area contributed by atoms with Crippen molar-refractivity contribution in [2.75, 3.05) is 11.1 Å². The topological polar surface area (TPSA) is 74.8 Å². The van der Waals surface area contributed by atoms with E-state index in [0.717, 1.165) is 32.8 Å². The van der Waals surface area contributed by atoms with E-state index in [1.54, 1.807) is 0 Å². The highest BCUT2D eigenvalue weighted by Crippen LogP contribution is 2.35. The van der Waals surface area contributed by atoms with Crippen molar-refractivity contribution in [3.8, 4) is 11.1 Å². The number of benzene rings is 2. The van der Waals surface area contributed by atoms with E-state index >= 15 is 0 Å². The third-order valence-corrected chi connectivity index (χ3v) is 6.87. The first-order valence-corrected chi connectivity index (χ1v) is 11.3. The average molecular weight is 436 g/mol. The van der Waals surface area contributed by atoms with Crippen molar-refractivity contribution in [3.63, 3.8) is 0 Å². The van der Waals surface area contributed by atoms with Crippen molar-refractivity contribution in [2.24, 2.45) is 0 Å². The maximum absolute atomic E-state index is 12.8. The lowest BCUT2D eigenvalue weighted by Crippen LogP contribution is -2.16. The molecule has 5 nitrogen and oxygen atoms in total. The fourth-order valence-electron chi connectivity index (χ4n) is 3.33. The molecule has 4 rings (SSSR count). The summed E-state index contributed by atoms with van der Waals surface area (Å²) in [5, 5.41) is 3.98. The fraction of sp³-hybridized carbons (Fsp3) is 0.174. The molecule has 2 N–H and O–H groups in total. The number of fused-ring (bicyclic) bond motifs is 1. The van der Waals surface area contributed by atoms with Crippen molar-refractivity contribution < 1.29 is 4.79 Å². The molecule has 0 bridgehead atoms. The fourth-order valence-corrected chi connectivity index (χ4v) is 5.09. The standard InChI is InChI=1S/C23H21N3O2S2/c1-13-8-7-11-17(14(13)2)24-18(27)12-29-23-25-21(28)20-19(15(3)30-22(20)26-23)16-9-5-4-6-10-16/h4-11H,12H2,1-3H3,(H,24,27)(H,25,26,28). The van der Waals surface area contributed by atoms with Crippen LogP contribution in [0.25, 0.3) is 21.3 Å². The first-order valence-electron chi connectivity index (χ1n) is 9.51. The van der Waals surface area contributed by atoms with E-state index < -0.39 is 0 Å². The number of aromatic nitrogens is 2. The van der Waals surface area contributed by atoms with E-state index in [4.69, 9.17) is 0 Å². The van der Waals surface area contributed by atoms with Gasteiger partial charge in [0.2, 0.25) is 5.91 Å². The highest BCUT2D eigenvalue weighted by Gasteiger charge is 2.17. The molecule has 30 heavy (non-hydrogen) atoms. The van der Waals surface area contributed by atoms with Gasteiger partial charge in [0.05, 0.1) is 11.1 Å². The van der Waals surface area contributed by atoms with E-state index in [-0.39, 0.29) is 17.2 Å². The molecule has 0 radical (unpaired) electrons. The molecule has 0 unspecified atom stereocenters. The van der Waals surface area contributed by atoms with E-state index in [0.29, 0.717) is 15.4 Å². The van der Waals surface area contributed by atoms with Gasteiger partial charge in [0.15, 0.2) is 5.16 Å². The van der Waals surface area contributed by atoms with Crippen LogP contribution in [-0.2, 0) is 4.79 Å². The van der Waals surface area contributed by atoms with Gasteiger partial charge >= 0.3 is 0 Å². The third-order valence-electron chi connectivity index (χ3n) is 5.00. The summed E-state index contributed by atoms with van der Waals surface area (Å²) in [5.41, 5.74) is 4.72. The van der Waals surface area contributed by atoms with Gasteiger partial charge < -0.3 is 10.3 Å². The summed E-state index contributed by atoms with van der Waals surface area (Å²) < 4.78 is 0. The first-order chi connectivity index (χ1) is 14.4. The van der Waals surface area contributed by atoms with Crippen LogP contribution < -0.4 is 10.9 Å². The van der Waals surface area contributed by atoms with Crippen LogP contribution in [0.4, 0.5) is 5.69 Å². The number of carbonyl (C=O) groups is 1. The number of thioether (sulfide) groups is 1. The van der Waals surface area contributed by atoms with Crippen LogP contribution in [0.1, 0.15) is 16.0 Å². The Balaban J connectivity index is 1.55. The number of hydrogen-bond donors (Lipinski definition) is 2. The minimum absolute atomic E-state index is 0.135. The molecule has 7 heteroatoms. The molecule has 4 aromatic rings. The van der Waals surface area contributed by atoms with Gasteiger partial charge in [-0.05, 0) is 43.5 Å². The summed E-state index contributed by atoms with van der Waals surface area (Å²) in [6.45, 7) is 5.99. The Hall–Kier alpha value is -2.90. The van der Waals surface area contributed by atoms with Gasteiger partial charge in [-0.25, -0.2) is 4.98 Å². The Morgan fingerprint density at radius 1 is 1.10 bits per heavy atom. The summed E-state index contributed by atoms with van der Waals surface area (Å²) in [6.07, 6.45) is 0. The Kier molecular flexibility index (Phi) is 5.74. The summed E-state index contributed by atoms with van der Waals surface area (Å²) >= 11 is 2.72. The zero-order chi connectivity index (χ0) is 21.3. The second-order valence-corrected chi connectivity index (χ2v) is 9.20. The second-order valence-electron chi connectivity index (χ2n) is 7.03. The lowest BCUT2D eigenvalue weighted by Gasteiger charge is -2.10. The molecular formula is C23H21N3O2S2. The number of thiophene rings is 1. The molecule has 0 aliphatic carbocycles. The SMILES string of the molecule is Cc1cccc(NC(=O)CSc2nc3sc(C)c(-c4ccccc4)c3c(=O)[nH]2)c1C. The number of nitrogens with zero attached hydrogens (tertiary/aromatic N) is 1. The van der Waals surface area contributed by atoms with Gasteiger partial charge in [0, 0.05) is 16.1 Å². The summed E-state index contributed by atoms with van der Waals surface area (Å²) in [7, 11) is 0. The van der Waals surface area contributed by atoms with Gasteiger partial charge in [0.1, 0.15) is 4.83 Å². The predicted molar refractivity (Wildman–Crippen MR) is 126 cm³/mol. The zero-order valence-corrected chi connectivity index (χ0v) is 18.5. The van der Waals surface area contributed by atoms with Crippen LogP contribution in [0.5, 0.6) is 0 Å². The minimum Gasteiger partial charge on any atom is -0.325 e. The number of H-pyrrole nitrogens is 1. The molecule has 0 saturated carbocycles. The number of aryl methyl sites for hydroxylation is 2. The smallest absolute Gasteiger partial charge is 0.260 e. The quantitative estimate of drug-likeness (QED) is 0.329. The molecule has 0 aliphatic heterocycles. The Labute approximate surface area is 182 Å². The largest absolute Gasteiger partial charge is 0.325 e. The molecule has 1 amide bonds. The molecule has 0 atom stereocenters. The number of rotatable bonds is 5. The number of carbonyl (C=O) groups excluding carboxylic acids is 1. The van der Waals surface area contributed by atoms with Crippen LogP contribution in [-0.4, -0.2) is 21.6 Å². The van der Waals surface area contributed by atoms with Crippen LogP contribution in [0.2, 0.25) is 0 Å². The number of hydrogen-bond acceptors (Lipinski definition) is 5. The molecule has 152 valence electrons. The highest BCUT2D eigenvalue weighted by molar-refractivity contribution is 7.99. The van der Waals surface area contributed by atoms with Crippen LogP contribution in [0, 0.1) is 20.8 Å². The average Bonchev–Trinajstić information content (AvgIpc) is 3.07.